The molecule has 0 aromatic carbocycles. The third-order valence-corrected chi connectivity index (χ3v) is 2.42. The quantitative estimate of drug-likeness (QED) is 0.725. The van der Waals surface area contributed by atoms with E-state index in [2.05, 4.69) is 33.8 Å². The van der Waals surface area contributed by atoms with E-state index in [4.69, 9.17) is 5.26 Å². The molecule has 0 aliphatic rings. The molecule has 0 unspecified atom stereocenters. The van der Waals surface area contributed by atoms with Gasteiger partial charge in [0.25, 0.3) is 0 Å². The Kier molecular flexibility index (Phi) is 2.49. The highest BCUT2D eigenvalue weighted by Gasteiger charge is 2.08. The lowest BCUT2D eigenvalue weighted by Crippen LogP contribution is -2.04. The summed E-state index contributed by atoms with van der Waals surface area (Å²) < 4.78 is 2.75. The second-order valence-corrected chi connectivity index (χ2v) is 3.52. The zero-order valence-electron chi connectivity index (χ0n) is 6.37. The molecule has 1 aromatic rings. The maximum atomic E-state index is 8.61. The van der Waals surface area contributed by atoms with Gasteiger partial charge >= 0.3 is 0 Å². The van der Waals surface area contributed by atoms with Crippen LogP contribution in [0, 0.1) is 15.0 Å². The Bertz CT molecular complexity index is 295. The van der Waals surface area contributed by atoms with Crippen molar-refractivity contribution in [3.8, 4) is 6.07 Å². The first kappa shape index (κ1) is 8.53. The Labute approximate surface area is 79.2 Å². The molecular weight excluding hydrogens is 253 g/mol. The highest BCUT2D eigenvalue weighted by Crippen LogP contribution is 2.14. The highest BCUT2D eigenvalue weighted by atomic mass is 127. The van der Waals surface area contributed by atoms with Gasteiger partial charge in [0.15, 0.2) is 0 Å². The third-order valence-electron chi connectivity index (χ3n) is 1.34. The van der Waals surface area contributed by atoms with Gasteiger partial charge in [0.05, 0.1) is 6.20 Å². The van der Waals surface area contributed by atoms with E-state index in [0.29, 0.717) is 11.6 Å². The standard InChI is InChI=1S/C7H8IN3/c1-5(2)11-7(8)6(3-9)4-10-11/h4-5H,1-2H3. The topological polar surface area (TPSA) is 41.6 Å². The van der Waals surface area contributed by atoms with Crippen LogP contribution in [-0.4, -0.2) is 9.78 Å². The van der Waals surface area contributed by atoms with Gasteiger partial charge < -0.3 is 0 Å². The fourth-order valence-corrected chi connectivity index (χ4v) is 1.72. The van der Waals surface area contributed by atoms with Crippen molar-refractivity contribution in [1.82, 2.24) is 9.78 Å². The van der Waals surface area contributed by atoms with Crippen LogP contribution in [0.5, 0.6) is 0 Å². The summed E-state index contributed by atoms with van der Waals surface area (Å²) in [5.41, 5.74) is 0.652. The van der Waals surface area contributed by atoms with Crippen LogP contribution in [-0.2, 0) is 0 Å². The minimum absolute atomic E-state index is 0.323. The van der Waals surface area contributed by atoms with Gasteiger partial charge in [-0.2, -0.15) is 10.4 Å². The van der Waals surface area contributed by atoms with Crippen molar-refractivity contribution in [2.75, 3.05) is 0 Å². The molecule has 11 heavy (non-hydrogen) atoms. The first-order chi connectivity index (χ1) is 5.16. The number of nitrogens with zero attached hydrogens (tertiary/aromatic N) is 3. The molecule has 0 radical (unpaired) electrons. The van der Waals surface area contributed by atoms with Gasteiger partial charge in [-0.15, -0.1) is 0 Å². The average Bonchev–Trinajstić information content (AvgIpc) is 2.30. The van der Waals surface area contributed by atoms with Crippen molar-refractivity contribution in [2.45, 2.75) is 19.9 Å². The van der Waals surface area contributed by atoms with E-state index in [1.807, 2.05) is 18.5 Å². The molecule has 1 heterocycles. The van der Waals surface area contributed by atoms with Crippen molar-refractivity contribution in [3.05, 3.63) is 15.5 Å². The van der Waals surface area contributed by atoms with E-state index >= 15 is 0 Å². The Morgan fingerprint density at radius 1 is 1.73 bits per heavy atom. The summed E-state index contributed by atoms with van der Waals surface area (Å²) >= 11 is 2.13. The second kappa shape index (κ2) is 3.22. The molecule has 0 atom stereocenters. The summed E-state index contributed by atoms with van der Waals surface area (Å²) in [7, 11) is 0. The van der Waals surface area contributed by atoms with Gasteiger partial charge in [-0.05, 0) is 36.4 Å². The summed E-state index contributed by atoms with van der Waals surface area (Å²) in [5, 5.41) is 12.7. The fourth-order valence-electron chi connectivity index (χ4n) is 0.782. The monoisotopic (exact) mass is 261 g/mol. The molecule has 4 heteroatoms. The van der Waals surface area contributed by atoms with Crippen molar-refractivity contribution in [3.63, 3.8) is 0 Å². The number of aromatic nitrogens is 2. The molecule has 0 fully saturated rings. The van der Waals surface area contributed by atoms with Crippen LogP contribution >= 0.6 is 22.6 Å². The lowest BCUT2D eigenvalue weighted by molar-refractivity contribution is 0.520. The minimum atomic E-state index is 0.323. The van der Waals surface area contributed by atoms with E-state index in [-0.39, 0.29) is 0 Å². The molecule has 0 spiro atoms. The zero-order chi connectivity index (χ0) is 8.43. The molecule has 1 aromatic heterocycles. The molecule has 0 saturated carbocycles. The van der Waals surface area contributed by atoms with E-state index in [0.717, 1.165) is 3.70 Å². The predicted octanol–water partition coefficient (Wildman–Crippen LogP) is 1.94. The van der Waals surface area contributed by atoms with Gasteiger partial charge in [0, 0.05) is 6.04 Å². The molecule has 0 N–H and O–H groups in total. The molecule has 58 valence electrons. The van der Waals surface area contributed by atoms with Gasteiger partial charge in [0.2, 0.25) is 0 Å². The fraction of sp³-hybridized carbons (Fsp3) is 0.429. The van der Waals surface area contributed by atoms with Crippen LogP contribution in [0.4, 0.5) is 0 Å². The van der Waals surface area contributed by atoms with Crippen LogP contribution in [0.25, 0.3) is 0 Å². The van der Waals surface area contributed by atoms with E-state index in [1.165, 1.54) is 0 Å². The lowest BCUT2D eigenvalue weighted by atomic mass is 10.4. The first-order valence-electron chi connectivity index (χ1n) is 3.30. The predicted molar refractivity (Wildman–Crippen MR) is 50.0 cm³/mol. The van der Waals surface area contributed by atoms with Crippen molar-refractivity contribution < 1.29 is 0 Å². The molecule has 0 aliphatic carbocycles. The number of hydrogen-bond acceptors (Lipinski definition) is 2. The largest absolute Gasteiger partial charge is 0.255 e. The average molecular weight is 261 g/mol. The SMILES string of the molecule is CC(C)n1ncc(C#N)c1I. The van der Waals surface area contributed by atoms with Crippen LogP contribution in [0.1, 0.15) is 25.5 Å². The molecular formula is C7H8IN3. The van der Waals surface area contributed by atoms with Crippen LogP contribution in [0.3, 0.4) is 0 Å². The number of hydrogen-bond donors (Lipinski definition) is 0. The lowest BCUT2D eigenvalue weighted by Gasteiger charge is -2.05. The summed E-state index contributed by atoms with van der Waals surface area (Å²) in [4.78, 5) is 0. The molecule has 0 amide bonds. The minimum Gasteiger partial charge on any atom is -0.255 e. The Morgan fingerprint density at radius 3 is 2.64 bits per heavy atom. The molecule has 0 saturated heterocycles. The van der Waals surface area contributed by atoms with Crippen molar-refractivity contribution in [1.29, 1.82) is 5.26 Å². The third kappa shape index (κ3) is 1.53. The molecule has 0 aliphatic heterocycles. The molecule has 3 nitrogen and oxygen atoms in total. The second-order valence-electron chi connectivity index (χ2n) is 2.50. The smallest absolute Gasteiger partial charge is 0.117 e. The summed E-state index contributed by atoms with van der Waals surface area (Å²) in [6, 6.07) is 2.40. The number of nitriles is 1. The summed E-state index contributed by atoms with van der Waals surface area (Å²) in [5.74, 6) is 0. The number of rotatable bonds is 1. The molecule has 0 bridgehead atoms. The first-order valence-corrected chi connectivity index (χ1v) is 4.37. The van der Waals surface area contributed by atoms with Crippen LogP contribution < -0.4 is 0 Å². The maximum Gasteiger partial charge on any atom is 0.117 e. The molecule has 1 rings (SSSR count). The van der Waals surface area contributed by atoms with Gasteiger partial charge in [-0.3, -0.25) is 4.68 Å². The normalized spacial score (nSPS) is 10.1. The van der Waals surface area contributed by atoms with Crippen molar-refractivity contribution in [2.24, 2.45) is 0 Å². The van der Waals surface area contributed by atoms with E-state index in [9.17, 15) is 0 Å². The zero-order valence-corrected chi connectivity index (χ0v) is 8.53. The highest BCUT2D eigenvalue weighted by molar-refractivity contribution is 14.1. The van der Waals surface area contributed by atoms with Crippen LogP contribution in [0.15, 0.2) is 6.20 Å². The maximum absolute atomic E-state index is 8.61. The van der Waals surface area contributed by atoms with E-state index < -0.39 is 0 Å². The Hall–Kier alpha value is -0.570. The summed E-state index contributed by atoms with van der Waals surface area (Å²) in [6.07, 6.45) is 1.60. The van der Waals surface area contributed by atoms with Crippen LogP contribution in [0.2, 0.25) is 0 Å². The van der Waals surface area contributed by atoms with Gasteiger partial charge in [-0.25, -0.2) is 0 Å². The summed E-state index contributed by atoms with van der Waals surface area (Å²) in [6.45, 7) is 4.08. The van der Waals surface area contributed by atoms with Gasteiger partial charge in [0.1, 0.15) is 15.3 Å². The van der Waals surface area contributed by atoms with E-state index in [1.54, 1.807) is 6.20 Å². The Balaban J connectivity index is 3.13. The Morgan fingerprint density at radius 2 is 2.36 bits per heavy atom. The van der Waals surface area contributed by atoms with Gasteiger partial charge in [-0.1, -0.05) is 0 Å². The number of halogens is 1. The van der Waals surface area contributed by atoms with Crippen molar-refractivity contribution >= 4 is 22.6 Å².